The molecule has 0 atom stereocenters. The van der Waals surface area contributed by atoms with Gasteiger partial charge in [-0.1, -0.05) is 49.9 Å². The van der Waals surface area contributed by atoms with E-state index in [9.17, 15) is 10.1 Å². The Morgan fingerprint density at radius 2 is 1.88 bits per heavy atom. The predicted molar refractivity (Wildman–Crippen MR) is 99.5 cm³/mol. The summed E-state index contributed by atoms with van der Waals surface area (Å²) < 4.78 is 0. The summed E-state index contributed by atoms with van der Waals surface area (Å²) in [6, 6.07) is 10.7. The molecule has 4 nitrogen and oxygen atoms in total. The van der Waals surface area contributed by atoms with Crippen LogP contribution in [-0.4, -0.2) is 31.4 Å². The summed E-state index contributed by atoms with van der Waals surface area (Å²) in [5.74, 6) is -0.0618. The lowest BCUT2D eigenvalue weighted by Crippen LogP contribution is -2.37. The van der Waals surface area contributed by atoms with Crippen LogP contribution in [0.1, 0.15) is 49.7 Å². The monoisotopic (exact) mass is 337 g/mol. The van der Waals surface area contributed by atoms with Crippen LogP contribution >= 0.6 is 0 Å². The molecule has 0 bridgehead atoms. The molecule has 25 heavy (non-hydrogen) atoms. The van der Waals surface area contributed by atoms with Crippen LogP contribution in [0.25, 0.3) is 5.70 Å². The number of hydrogen-bond acceptors (Lipinski definition) is 3. The van der Waals surface area contributed by atoms with Crippen LogP contribution in [0.4, 0.5) is 0 Å². The topological polar surface area (TPSA) is 56.1 Å². The first-order valence-electron chi connectivity index (χ1n) is 9.23. The molecule has 1 fully saturated rings. The Hall–Kier alpha value is -2.12. The average Bonchev–Trinajstić information content (AvgIpc) is 2.80. The first-order chi connectivity index (χ1) is 12.1. The van der Waals surface area contributed by atoms with Crippen molar-refractivity contribution in [1.29, 1.82) is 5.26 Å². The van der Waals surface area contributed by atoms with Crippen molar-refractivity contribution in [2.24, 2.45) is 5.41 Å². The van der Waals surface area contributed by atoms with Gasteiger partial charge in [0, 0.05) is 11.0 Å². The van der Waals surface area contributed by atoms with Gasteiger partial charge in [-0.3, -0.25) is 4.79 Å². The molecule has 1 aromatic carbocycles. The second-order valence-electron chi connectivity index (χ2n) is 7.68. The fraction of sp³-hybridized carbons (Fsp3) is 0.524. The fourth-order valence-corrected chi connectivity index (χ4v) is 4.37. The number of amides is 1. The first kappa shape index (κ1) is 17.7. The zero-order valence-corrected chi connectivity index (χ0v) is 15.3. The van der Waals surface area contributed by atoms with Crippen molar-refractivity contribution in [3.8, 4) is 6.07 Å². The molecule has 1 aromatic rings. The summed E-state index contributed by atoms with van der Waals surface area (Å²) in [6.07, 6.45) is 7.79. The molecule has 1 amide bonds. The SMILES string of the molecule is CN(C)CC(=O)NC1=C(C#N)C2(CCCCCC2)Cc2ccccc21. The van der Waals surface area contributed by atoms with E-state index in [0.717, 1.165) is 48.9 Å². The van der Waals surface area contributed by atoms with Crippen LogP contribution in [0.15, 0.2) is 29.8 Å². The second kappa shape index (κ2) is 7.41. The number of allylic oxidation sites excluding steroid dienone is 1. The third kappa shape index (κ3) is 3.62. The lowest BCUT2D eigenvalue weighted by atomic mass is 9.65. The molecule has 132 valence electrons. The van der Waals surface area contributed by atoms with Gasteiger partial charge in [-0.15, -0.1) is 0 Å². The van der Waals surface area contributed by atoms with Crippen LogP contribution in [0.5, 0.6) is 0 Å². The van der Waals surface area contributed by atoms with Crippen molar-refractivity contribution >= 4 is 11.6 Å². The van der Waals surface area contributed by atoms with Crippen LogP contribution in [0.3, 0.4) is 0 Å². The van der Waals surface area contributed by atoms with E-state index < -0.39 is 0 Å². The van der Waals surface area contributed by atoms with Gasteiger partial charge in [0.05, 0.1) is 23.9 Å². The van der Waals surface area contributed by atoms with E-state index in [1.807, 2.05) is 31.1 Å². The molecular formula is C21H27N3O. The van der Waals surface area contributed by atoms with E-state index in [1.54, 1.807) is 0 Å². The van der Waals surface area contributed by atoms with Crippen LogP contribution in [0, 0.1) is 16.7 Å². The highest BCUT2D eigenvalue weighted by molar-refractivity contribution is 5.91. The highest BCUT2D eigenvalue weighted by Gasteiger charge is 2.41. The molecule has 1 N–H and O–H groups in total. The number of likely N-dealkylation sites (N-methyl/N-ethyl adjacent to an activating group) is 1. The molecule has 0 aromatic heterocycles. The number of nitrogens with zero attached hydrogens (tertiary/aromatic N) is 2. The highest BCUT2D eigenvalue weighted by Crippen LogP contribution is 2.49. The Balaban J connectivity index is 2.07. The second-order valence-corrected chi connectivity index (χ2v) is 7.68. The molecule has 3 rings (SSSR count). The van der Waals surface area contributed by atoms with Crippen molar-refractivity contribution in [1.82, 2.24) is 10.2 Å². The molecule has 0 heterocycles. The van der Waals surface area contributed by atoms with E-state index in [-0.39, 0.29) is 11.3 Å². The molecule has 0 aliphatic heterocycles. The van der Waals surface area contributed by atoms with Crippen molar-refractivity contribution < 1.29 is 4.79 Å². The molecule has 2 aliphatic rings. The number of nitrogens with one attached hydrogen (secondary N) is 1. The first-order valence-corrected chi connectivity index (χ1v) is 9.23. The summed E-state index contributed by atoms with van der Waals surface area (Å²) in [5.41, 5.74) is 3.70. The fourth-order valence-electron chi connectivity index (χ4n) is 4.37. The van der Waals surface area contributed by atoms with Gasteiger partial charge in [0.15, 0.2) is 0 Å². The Bertz CT molecular complexity index is 719. The molecule has 0 saturated heterocycles. The normalized spacial score (nSPS) is 19.3. The number of benzene rings is 1. The smallest absolute Gasteiger partial charge is 0.238 e. The van der Waals surface area contributed by atoms with Gasteiger partial charge in [0.1, 0.15) is 0 Å². The highest BCUT2D eigenvalue weighted by atomic mass is 16.2. The summed E-state index contributed by atoms with van der Waals surface area (Å²) in [4.78, 5) is 14.3. The van der Waals surface area contributed by atoms with Crippen molar-refractivity contribution in [3.63, 3.8) is 0 Å². The van der Waals surface area contributed by atoms with Gasteiger partial charge in [-0.2, -0.15) is 5.26 Å². The van der Waals surface area contributed by atoms with E-state index in [2.05, 4.69) is 23.5 Å². The van der Waals surface area contributed by atoms with Gasteiger partial charge in [-0.05, 0) is 38.9 Å². The number of carbonyl (C=O) groups is 1. The van der Waals surface area contributed by atoms with Gasteiger partial charge >= 0.3 is 0 Å². The largest absolute Gasteiger partial charge is 0.324 e. The van der Waals surface area contributed by atoms with Gasteiger partial charge in [0.2, 0.25) is 5.91 Å². The summed E-state index contributed by atoms with van der Waals surface area (Å²) in [7, 11) is 3.75. The van der Waals surface area contributed by atoms with Crippen LogP contribution in [0.2, 0.25) is 0 Å². The Labute approximate surface area is 150 Å². The molecule has 1 spiro atoms. The lowest BCUT2D eigenvalue weighted by molar-refractivity contribution is -0.120. The van der Waals surface area contributed by atoms with Crippen LogP contribution in [-0.2, 0) is 11.2 Å². The Morgan fingerprint density at radius 1 is 1.20 bits per heavy atom. The van der Waals surface area contributed by atoms with E-state index in [4.69, 9.17) is 0 Å². The summed E-state index contributed by atoms with van der Waals surface area (Å²) in [5, 5.41) is 13.1. The summed E-state index contributed by atoms with van der Waals surface area (Å²) >= 11 is 0. The molecule has 0 unspecified atom stereocenters. The van der Waals surface area contributed by atoms with E-state index >= 15 is 0 Å². The Morgan fingerprint density at radius 3 is 2.52 bits per heavy atom. The predicted octanol–water partition coefficient (Wildman–Crippen LogP) is 3.50. The van der Waals surface area contributed by atoms with Crippen molar-refractivity contribution in [3.05, 3.63) is 41.0 Å². The van der Waals surface area contributed by atoms with Gasteiger partial charge < -0.3 is 10.2 Å². The third-order valence-corrected chi connectivity index (χ3v) is 5.49. The molecule has 1 saturated carbocycles. The quantitative estimate of drug-likeness (QED) is 0.918. The molecular weight excluding hydrogens is 310 g/mol. The zero-order chi connectivity index (χ0) is 17.9. The zero-order valence-electron chi connectivity index (χ0n) is 15.3. The number of carbonyl (C=O) groups excluding carboxylic acids is 1. The molecule has 0 radical (unpaired) electrons. The van der Waals surface area contributed by atoms with E-state index in [1.165, 1.54) is 18.4 Å². The molecule has 4 heteroatoms. The van der Waals surface area contributed by atoms with Gasteiger partial charge in [0.25, 0.3) is 0 Å². The minimum atomic E-state index is -0.111. The minimum absolute atomic E-state index is 0.0618. The lowest BCUT2D eigenvalue weighted by Gasteiger charge is -2.38. The maximum atomic E-state index is 12.4. The van der Waals surface area contributed by atoms with Gasteiger partial charge in [-0.25, -0.2) is 0 Å². The standard InChI is InChI=1S/C21H27N3O/c1-24(2)15-19(25)23-20-17-10-6-5-9-16(17)13-21(18(20)14-22)11-7-3-4-8-12-21/h5-6,9-10H,3-4,7-8,11-13,15H2,1-2H3,(H,23,25). The molecule has 2 aliphatic carbocycles. The number of nitriles is 1. The average molecular weight is 337 g/mol. The maximum absolute atomic E-state index is 12.4. The minimum Gasteiger partial charge on any atom is -0.324 e. The van der Waals surface area contributed by atoms with Crippen LogP contribution < -0.4 is 5.32 Å². The third-order valence-electron chi connectivity index (χ3n) is 5.49. The van der Waals surface area contributed by atoms with Crippen molar-refractivity contribution in [2.75, 3.05) is 20.6 Å². The Kier molecular flexibility index (Phi) is 5.24. The number of hydrogen-bond donors (Lipinski definition) is 1. The maximum Gasteiger partial charge on any atom is 0.238 e. The summed E-state index contributed by atoms with van der Waals surface area (Å²) in [6.45, 7) is 0.317. The number of fused-ring (bicyclic) bond motifs is 1. The number of rotatable bonds is 3. The van der Waals surface area contributed by atoms with Crippen molar-refractivity contribution in [2.45, 2.75) is 44.9 Å². The van der Waals surface area contributed by atoms with E-state index in [0.29, 0.717) is 6.54 Å².